The number of hydrogen-bond acceptors (Lipinski definition) is 3. The van der Waals surface area contributed by atoms with Gasteiger partial charge in [0, 0.05) is 5.38 Å². The van der Waals surface area contributed by atoms with Gasteiger partial charge in [0.05, 0.1) is 0 Å². The second kappa shape index (κ2) is 1.95. The Labute approximate surface area is 44.9 Å². The molecule has 0 aliphatic heterocycles. The summed E-state index contributed by atoms with van der Waals surface area (Å²) in [6, 6.07) is 1.69. The first-order chi connectivity index (χ1) is 3.43. The third-order valence-electron chi connectivity index (χ3n) is 0.600. The smallest absolute Gasteiger partial charge is 0.175 e. The molecule has 2 nitrogen and oxygen atoms in total. The predicted octanol–water partition coefficient (Wildman–Crippen LogP) is 1.60. The molecule has 1 heterocycles. The van der Waals surface area contributed by atoms with Gasteiger partial charge in [0.15, 0.2) is 5.75 Å². The highest BCUT2D eigenvalue weighted by atomic mass is 32.1. The minimum Gasteiger partial charge on any atom is -0.339 e. The van der Waals surface area contributed by atoms with E-state index in [0.29, 0.717) is 5.75 Å². The molecule has 0 spiro atoms. The molecular formula is C4H4O2S. The predicted molar refractivity (Wildman–Crippen MR) is 27.6 cm³/mol. The van der Waals surface area contributed by atoms with Crippen molar-refractivity contribution in [2.75, 3.05) is 0 Å². The van der Waals surface area contributed by atoms with Crippen LogP contribution >= 0.6 is 11.3 Å². The van der Waals surface area contributed by atoms with E-state index in [1.807, 2.05) is 5.38 Å². The first kappa shape index (κ1) is 4.61. The second-order valence-electron chi connectivity index (χ2n) is 1.05. The fraction of sp³-hybridized carbons (Fsp3) is 0. The van der Waals surface area contributed by atoms with Crippen LogP contribution in [0.4, 0.5) is 0 Å². The van der Waals surface area contributed by atoms with E-state index in [4.69, 9.17) is 5.26 Å². The van der Waals surface area contributed by atoms with Crippen molar-refractivity contribution >= 4 is 11.3 Å². The van der Waals surface area contributed by atoms with Gasteiger partial charge in [0.1, 0.15) is 0 Å². The molecule has 38 valence electrons. The second-order valence-corrected chi connectivity index (χ2v) is 1.83. The van der Waals surface area contributed by atoms with Gasteiger partial charge < -0.3 is 4.89 Å². The number of thiophene rings is 1. The summed E-state index contributed by atoms with van der Waals surface area (Å²) in [5.74, 6) is 0.505. The van der Waals surface area contributed by atoms with Gasteiger partial charge in [-0.3, -0.25) is 0 Å². The van der Waals surface area contributed by atoms with Crippen LogP contribution in [0.25, 0.3) is 0 Å². The quantitative estimate of drug-likeness (QED) is 0.446. The van der Waals surface area contributed by atoms with Crippen LogP contribution in [0.3, 0.4) is 0 Å². The van der Waals surface area contributed by atoms with E-state index in [1.54, 1.807) is 11.4 Å². The van der Waals surface area contributed by atoms with E-state index >= 15 is 0 Å². The first-order valence-electron chi connectivity index (χ1n) is 1.77. The topological polar surface area (TPSA) is 29.5 Å². The monoisotopic (exact) mass is 116 g/mol. The van der Waals surface area contributed by atoms with Crippen molar-refractivity contribution in [1.29, 1.82) is 0 Å². The minimum atomic E-state index is 0.505. The largest absolute Gasteiger partial charge is 0.339 e. The molecule has 3 heteroatoms. The van der Waals surface area contributed by atoms with Gasteiger partial charge >= 0.3 is 0 Å². The average Bonchev–Trinajstić information content (AvgIpc) is 2.14. The Balaban J connectivity index is 2.76. The van der Waals surface area contributed by atoms with Crippen molar-refractivity contribution in [2.24, 2.45) is 0 Å². The standard InChI is InChI=1S/C4H4O2S/c5-6-4-1-2-7-3-4/h1-3,5H. The zero-order chi connectivity index (χ0) is 5.11. The first-order valence-corrected chi connectivity index (χ1v) is 2.71. The summed E-state index contributed by atoms with van der Waals surface area (Å²) in [5.41, 5.74) is 0. The van der Waals surface area contributed by atoms with Crippen LogP contribution in [0.1, 0.15) is 0 Å². The summed E-state index contributed by atoms with van der Waals surface area (Å²) in [6.45, 7) is 0. The summed E-state index contributed by atoms with van der Waals surface area (Å²) in [5, 5.41) is 11.5. The van der Waals surface area contributed by atoms with Crippen molar-refractivity contribution in [3.8, 4) is 5.75 Å². The molecule has 1 N–H and O–H groups in total. The average molecular weight is 116 g/mol. The lowest BCUT2D eigenvalue weighted by atomic mass is 10.6. The normalized spacial score (nSPS) is 8.71. The van der Waals surface area contributed by atoms with Gasteiger partial charge in [-0.25, -0.2) is 5.26 Å². The maximum Gasteiger partial charge on any atom is 0.175 e. The van der Waals surface area contributed by atoms with Crippen LogP contribution in [-0.2, 0) is 0 Å². The van der Waals surface area contributed by atoms with Gasteiger partial charge in [-0.1, -0.05) is 0 Å². The lowest BCUT2D eigenvalue weighted by molar-refractivity contribution is -0.137. The summed E-state index contributed by atoms with van der Waals surface area (Å²) in [4.78, 5) is 3.86. The van der Waals surface area contributed by atoms with Crippen molar-refractivity contribution < 1.29 is 10.1 Å². The van der Waals surface area contributed by atoms with Crippen LogP contribution in [0.5, 0.6) is 5.75 Å². The molecular weight excluding hydrogens is 112 g/mol. The Kier molecular flexibility index (Phi) is 1.29. The van der Waals surface area contributed by atoms with Crippen molar-refractivity contribution in [3.63, 3.8) is 0 Å². The van der Waals surface area contributed by atoms with E-state index in [1.165, 1.54) is 11.3 Å². The highest BCUT2D eigenvalue weighted by Crippen LogP contribution is 2.12. The molecule has 0 radical (unpaired) electrons. The van der Waals surface area contributed by atoms with Crippen LogP contribution in [-0.4, -0.2) is 5.26 Å². The summed E-state index contributed by atoms with van der Waals surface area (Å²) in [6.07, 6.45) is 0. The van der Waals surface area contributed by atoms with Gasteiger partial charge in [-0.2, -0.15) is 0 Å². The number of rotatable bonds is 1. The van der Waals surface area contributed by atoms with Crippen LogP contribution in [0.15, 0.2) is 16.8 Å². The Morgan fingerprint density at radius 3 is 2.86 bits per heavy atom. The molecule has 1 aromatic heterocycles. The molecule has 0 fully saturated rings. The van der Waals surface area contributed by atoms with E-state index in [-0.39, 0.29) is 0 Å². The molecule has 0 aliphatic rings. The third kappa shape index (κ3) is 0.913. The summed E-state index contributed by atoms with van der Waals surface area (Å²) in [7, 11) is 0. The summed E-state index contributed by atoms with van der Waals surface area (Å²) >= 11 is 1.48. The molecule has 0 aromatic carbocycles. The maximum absolute atomic E-state index is 7.93. The molecule has 0 bridgehead atoms. The zero-order valence-electron chi connectivity index (χ0n) is 3.50. The Bertz CT molecular complexity index is 124. The molecule has 0 aliphatic carbocycles. The van der Waals surface area contributed by atoms with Gasteiger partial charge in [-0.15, -0.1) is 11.3 Å². The molecule has 0 atom stereocenters. The molecule has 0 amide bonds. The van der Waals surface area contributed by atoms with Gasteiger partial charge in [0.25, 0.3) is 0 Å². The zero-order valence-corrected chi connectivity index (χ0v) is 4.31. The highest BCUT2D eigenvalue weighted by molar-refractivity contribution is 7.08. The van der Waals surface area contributed by atoms with Crippen molar-refractivity contribution in [2.45, 2.75) is 0 Å². The molecule has 0 saturated carbocycles. The van der Waals surface area contributed by atoms with E-state index < -0.39 is 0 Å². The molecule has 0 unspecified atom stereocenters. The highest BCUT2D eigenvalue weighted by Gasteiger charge is 1.85. The SMILES string of the molecule is OOc1ccsc1. The lowest BCUT2D eigenvalue weighted by Gasteiger charge is -1.82. The molecule has 1 aromatic rings. The van der Waals surface area contributed by atoms with Crippen molar-refractivity contribution in [3.05, 3.63) is 16.8 Å². The lowest BCUT2D eigenvalue weighted by Crippen LogP contribution is -1.76. The van der Waals surface area contributed by atoms with Gasteiger partial charge in [-0.05, 0) is 11.4 Å². The fourth-order valence-electron chi connectivity index (χ4n) is 0.304. The van der Waals surface area contributed by atoms with Crippen molar-refractivity contribution in [1.82, 2.24) is 0 Å². The molecule has 1 rings (SSSR count). The number of hydrogen-bond donors (Lipinski definition) is 1. The third-order valence-corrected chi connectivity index (χ3v) is 1.26. The summed E-state index contributed by atoms with van der Waals surface area (Å²) < 4.78 is 0. The van der Waals surface area contributed by atoms with E-state index in [9.17, 15) is 0 Å². The van der Waals surface area contributed by atoms with E-state index in [2.05, 4.69) is 4.89 Å². The maximum atomic E-state index is 7.93. The van der Waals surface area contributed by atoms with Crippen LogP contribution < -0.4 is 4.89 Å². The van der Waals surface area contributed by atoms with E-state index in [0.717, 1.165) is 0 Å². The Morgan fingerprint density at radius 2 is 2.57 bits per heavy atom. The van der Waals surface area contributed by atoms with Gasteiger partial charge in [0.2, 0.25) is 0 Å². The minimum absolute atomic E-state index is 0.505. The molecule has 7 heavy (non-hydrogen) atoms. The fourth-order valence-corrected chi connectivity index (χ4v) is 0.851. The Morgan fingerprint density at radius 1 is 1.71 bits per heavy atom. The Hall–Kier alpha value is -0.540. The van der Waals surface area contributed by atoms with Crippen LogP contribution in [0, 0.1) is 0 Å². The molecule has 0 saturated heterocycles. The van der Waals surface area contributed by atoms with Crippen LogP contribution in [0.2, 0.25) is 0 Å².